The summed E-state index contributed by atoms with van der Waals surface area (Å²) in [5.41, 5.74) is 6.53. The van der Waals surface area contributed by atoms with Gasteiger partial charge in [0.2, 0.25) is 6.79 Å². The zero-order valence-electron chi connectivity index (χ0n) is 9.41. The summed E-state index contributed by atoms with van der Waals surface area (Å²) in [6.07, 6.45) is 1.48. The highest BCUT2D eigenvalue weighted by atomic mass is 35.5. The van der Waals surface area contributed by atoms with E-state index in [0.29, 0.717) is 17.1 Å². The molecule has 1 aromatic carbocycles. The van der Waals surface area contributed by atoms with Crippen LogP contribution in [0.5, 0.6) is 11.5 Å². The fourth-order valence-electron chi connectivity index (χ4n) is 1.83. The lowest BCUT2D eigenvalue weighted by molar-refractivity contribution is 0.174. The van der Waals surface area contributed by atoms with E-state index >= 15 is 0 Å². The number of fused-ring (bicyclic) bond motifs is 1. The standard InChI is InChI=1S/C11H9ClFN3O2/c1-16-11(14)6(3-15-16)5-2-7-10(18-4-17-7)8(12)9(5)13/h2-3H,4,14H2,1H3. The Hall–Kier alpha value is -1.95. The number of ether oxygens (including phenoxy) is 2. The van der Waals surface area contributed by atoms with Gasteiger partial charge in [-0.05, 0) is 6.07 Å². The number of hydrogen-bond acceptors (Lipinski definition) is 4. The number of nitrogens with two attached hydrogens (primary N) is 1. The number of rotatable bonds is 1. The first-order chi connectivity index (χ1) is 8.59. The zero-order valence-corrected chi connectivity index (χ0v) is 10.2. The Morgan fingerprint density at radius 1 is 1.44 bits per heavy atom. The maximum atomic E-state index is 14.2. The minimum atomic E-state index is -0.597. The van der Waals surface area contributed by atoms with Crippen LogP contribution in [-0.2, 0) is 7.05 Å². The van der Waals surface area contributed by atoms with Crippen LogP contribution in [0.4, 0.5) is 10.2 Å². The van der Waals surface area contributed by atoms with Gasteiger partial charge in [0.05, 0.1) is 6.20 Å². The molecular formula is C11H9ClFN3O2. The lowest BCUT2D eigenvalue weighted by atomic mass is 10.1. The second-order valence-electron chi connectivity index (χ2n) is 3.85. The topological polar surface area (TPSA) is 62.3 Å². The summed E-state index contributed by atoms with van der Waals surface area (Å²) in [5, 5.41) is 3.86. The van der Waals surface area contributed by atoms with Crippen molar-refractivity contribution >= 4 is 17.4 Å². The predicted molar refractivity (Wildman–Crippen MR) is 64.1 cm³/mol. The van der Waals surface area contributed by atoms with E-state index < -0.39 is 5.82 Å². The molecule has 1 aromatic heterocycles. The van der Waals surface area contributed by atoms with Crippen molar-refractivity contribution in [2.24, 2.45) is 7.05 Å². The number of nitrogens with zero attached hydrogens (tertiary/aromatic N) is 2. The number of hydrogen-bond donors (Lipinski definition) is 1. The van der Waals surface area contributed by atoms with E-state index in [9.17, 15) is 4.39 Å². The second-order valence-corrected chi connectivity index (χ2v) is 4.23. The van der Waals surface area contributed by atoms with Gasteiger partial charge in [0.25, 0.3) is 0 Å². The lowest BCUT2D eigenvalue weighted by Gasteiger charge is -2.07. The summed E-state index contributed by atoms with van der Waals surface area (Å²) < 4.78 is 25.9. The van der Waals surface area contributed by atoms with Crippen molar-refractivity contribution in [2.45, 2.75) is 0 Å². The van der Waals surface area contributed by atoms with Crippen LogP contribution < -0.4 is 15.2 Å². The van der Waals surface area contributed by atoms with Crippen molar-refractivity contribution in [3.63, 3.8) is 0 Å². The lowest BCUT2D eigenvalue weighted by Crippen LogP contribution is -1.98. The van der Waals surface area contributed by atoms with Crippen LogP contribution in [0.25, 0.3) is 11.1 Å². The first-order valence-electron chi connectivity index (χ1n) is 5.15. The molecule has 0 atom stereocenters. The molecule has 94 valence electrons. The number of aromatic nitrogens is 2. The fraction of sp³-hybridized carbons (Fsp3) is 0.182. The number of anilines is 1. The van der Waals surface area contributed by atoms with Gasteiger partial charge in [-0.1, -0.05) is 11.6 Å². The first kappa shape index (κ1) is 11.2. The average molecular weight is 270 g/mol. The number of nitrogen functional groups attached to an aromatic ring is 1. The maximum absolute atomic E-state index is 14.2. The van der Waals surface area contributed by atoms with Gasteiger partial charge in [-0.15, -0.1) is 0 Å². The van der Waals surface area contributed by atoms with E-state index in [2.05, 4.69) is 5.10 Å². The smallest absolute Gasteiger partial charge is 0.231 e. The monoisotopic (exact) mass is 269 g/mol. The molecule has 0 aliphatic carbocycles. The summed E-state index contributed by atoms with van der Waals surface area (Å²) in [6, 6.07) is 1.51. The summed E-state index contributed by atoms with van der Waals surface area (Å²) in [5.74, 6) is 0.379. The fourth-order valence-corrected chi connectivity index (χ4v) is 2.08. The molecule has 2 heterocycles. The van der Waals surface area contributed by atoms with Crippen molar-refractivity contribution in [3.8, 4) is 22.6 Å². The van der Waals surface area contributed by atoms with Crippen LogP contribution in [0.2, 0.25) is 5.02 Å². The Bertz CT molecular complexity index is 642. The molecule has 2 aromatic rings. The van der Waals surface area contributed by atoms with Gasteiger partial charge >= 0.3 is 0 Å². The Kier molecular flexibility index (Phi) is 2.34. The summed E-state index contributed by atoms with van der Waals surface area (Å²) in [7, 11) is 1.67. The highest BCUT2D eigenvalue weighted by Crippen LogP contribution is 2.45. The minimum absolute atomic E-state index is 0.0282. The second kappa shape index (κ2) is 3.78. The summed E-state index contributed by atoms with van der Waals surface area (Å²) >= 11 is 5.90. The third kappa shape index (κ3) is 1.42. The van der Waals surface area contributed by atoms with E-state index in [1.807, 2.05) is 0 Å². The average Bonchev–Trinajstić information content (AvgIpc) is 2.93. The molecule has 18 heavy (non-hydrogen) atoms. The first-order valence-corrected chi connectivity index (χ1v) is 5.53. The van der Waals surface area contributed by atoms with Crippen molar-refractivity contribution in [1.82, 2.24) is 9.78 Å². The van der Waals surface area contributed by atoms with E-state index in [1.54, 1.807) is 7.05 Å². The number of benzene rings is 1. The molecule has 0 amide bonds. The van der Waals surface area contributed by atoms with Gasteiger partial charge in [0, 0.05) is 18.2 Å². The van der Waals surface area contributed by atoms with Crippen LogP contribution in [-0.4, -0.2) is 16.6 Å². The number of aryl methyl sites for hydroxylation is 1. The Labute approximate surface area is 107 Å². The SMILES string of the molecule is Cn1ncc(-c2cc3c(c(Cl)c2F)OCO3)c1N. The van der Waals surface area contributed by atoms with Crippen LogP contribution in [0.3, 0.4) is 0 Å². The molecule has 5 nitrogen and oxygen atoms in total. The zero-order chi connectivity index (χ0) is 12.9. The van der Waals surface area contributed by atoms with Crippen molar-refractivity contribution in [1.29, 1.82) is 0 Å². The Morgan fingerprint density at radius 3 is 2.89 bits per heavy atom. The molecule has 0 radical (unpaired) electrons. The van der Waals surface area contributed by atoms with E-state index in [4.69, 9.17) is 26.8 Å². The predicted octanol–water partition coefficient (Wildman–Crippen LogP) is 2.19. The van der Waals surface area contributed by atoms with E-state index in [-0.39, 0.29) is 23.1 Å². The highest BCUT2D eigenvalue weighted by Gasteiger charge is 2.25. The van der Waals surface area contributed by atoms with Gasteiger partial charge in [-0.2, -0.15) is 5.10 Å². The van der Waals surface area contributed by atoms with Gasteiger partial charge in [-0.25, -0.2) is 4.39 Å². The molecule has 0 bridgehead atoms. The third-order valence-corrected chi connectivity index (χ3v) is 3.16. The molecule has 0 saturated heterocycles. The number of halogens is 2. The minimum Gasteiger partial charge on any atom is -0.454 e. The van der Waals surface area contributed by atoms with E-state index in [1.165, 1.54) is 16.9 Å². The van der Waals surface area contributed by atoms with Crippen LogP contribution in [0.1, 0.15) is 0 Å². The molecule has 1 aliphatic rings. The maximum Gasteiger partial charge on any atom is 0.231 e. The molecule has 0 unspecified atom stereocenters. The van der Waals surface area contributed by atoms with Crippen molar-refractivity contribution in [3.05, 3.63) is 23.1 Å². The molecule has 1 aliphatic heterocycles. The molecule has 0 spiro atoms. The molecule has 3 rings (SSSR count). The third-order valence-electron chi connectivity index (χ3n) is 2.82. The van der Waals surface area contributed by atoms with Crippen molar-refractivity contribution in [2.75, 3.05) is 12.5 Å². The Morgan fingerprint density at radius 2 is 2.22 bits per heavy atom. The molecule has 2 N–H and O–H groups in total. The normalized spacial score (nSPS) is 13.1. The molecule has 7 heteroatoms. The van der Waals surface area contributed by atoms with Gasteiger partial charge in [-0.3, -0.25) is 4.68 Å². The quantitative estimate of drug-likeness (QED) is 0.862. The molecule has 0 fully saturated rings. The van der Waals surface area contributed by atoms with Crippen LogP contribution >= 0.6 is 11.6 Å². The highest BCUT2D eigenvalue weighted by molar-refractivity contribution is 6.32. The molecular weight excluding hydrogens is 261 g/mol. The molecule has 0 saturated carbocycles. The van der Waals surface area contributed by atoms with Gasteiger partial charge in [0.15, 0.2) is 17.3 Å². The van der Waals surface area contributed by atoms with Crippen LogP contribution in [0.15, 0.2) is 12.3 Å². The largest absolute Gasteiger partial charge is 0.454 e. The summed E-state index contributed by atoms with van der Waals surface area (Å²) in [4.78, 5) is 0. The van der Waals surface area contributed by atoms with Crippen molar-refractivity contribution < 1.29 is 13.9 Å². The Balaban J connectivity index is 2.25. The summed E-state index contributed by atoms with van der Waals surface area (Å²) in [6.45, 7) is 0.0282. The van der Waals surface area contributed by atoms with Gasteiger partial charge < -0.3 is 15.2 Å². The van der Waals surface area contributed by atoms with Gasteiger partial charge in [0.1, 0.15) is 10.8 Å². The van der Waals surface area contributed by atoms with Crippen LogP contribution in [0, 0.1) is 5.82 Å². The van der Waals surface area contributed by atoms with E-state index in [0.717, 1.165) is 0 Å².